The van der Waals surface area contributed by atoms with Crippen LogP contribution in [0.25, 0.3) is 0 Å². The van der Waals surface area contributed by atoms with Crippen molar-refractivity contribution in [2.24, 2.45) is 7.05 Å². The molecular weight excluding hydrogens is 186 g/mol. The molecule has 1 aromatic rings. The lowest BCUT2D eigenvalue weighted by Crippen LogP contribution is -1.95. The maximum absolute atomic E-state index is 10.6. The van der Waals surface area contributed by atoms with Crippen molar-refractivity contribution in [1.29, 1.82) is 0 Å². The zero-order chi connectivity index (χ0) is 9.68. The second-order valence-corrected chi connectivity index (χ2v) is 3.88. The SMILES string of the molecule is CC(=O)CCCSc1ncnn1C. The van der Waals surface area contributed by atoms with Gasteiger partial charge in [0.25, 0.3) is 0 Å². The van der Waals surface area contributed by atoms with Gasteiger partial charge in [-0.2, -0.15) is 5.10 Å². The highest BCUT2D eigenvalue weighted by molar-refractivity contribution is 7.99. The van der Waals surface area contributed by atoms with Gasteiger partial charge in [0, 0.05) is 19.2 Å². The van der Waals surface area contributed by atoms with Crippen molar-refractivity contribution in [3.05, 3.63) is 6.33 Å². The summed E-state index contributed by atoms with van der Waals surface area (Å²) in [7, 11) is 1.86. The van der Waals surface area contributed by atoms with Gasteiger partial charge in [0.1, 0.15) is 12.1 Å². The van der Waals surface area contributed by atoms with Gasteiger partial charge in [0.05, 0.1) is 0 Å². The van der Waals surface area contributed by atoms with Gasteiger partial charge in [-0.25, -0.2) is 9.67 Å². The van der Waals surface area contributed by atoms with Crippen LogP contribution in [0.2, 0.25) is 0 Å². The van der Waals surface area contributed by atoms with Gasteiger partial charge in [0.15, 0.2) is 5.16 Å². The van der Waals surface area contributed by atoms with Crippen LogP contribution in [0.5, 0.6) is 0 Å². The van der Waals surface area contributed by atoms with Crippen molar-refractivity contribution in [2.75, 3.05) is 5.75 Å². The minimum Gasteiger partial charge on any atom is -0.300 e. The number of carbonyl (C=O) groups is 1. The molecule has 5 heteroatoms. The fourth-order valence-electron chi connectivity index (χ4n) is 0.901. The molecule has 0 aliphatic carbocycles. The van der Waals surface area contributed by atoms with Gasteiger partial charge in [-0.3, -0.25) is 0 Å². The minimum atomic E-state index is 0.249. The van der Waals surface area contributed by atoms with E-state index in [1.807, 2.05) is 7.05 Å². The van der Waals surface area contributed by atoms with Crippen LogP contribution in [0, 0.1) is 0 Å². The van der Waals surface area contributed by atoms with Crippen LogP contribution in [-0.2, 0) is 11.8 Å². The number of hydrogen-bond acceptors (Lipinski definition) is 4. The van der Waals surface area contributed by atoms with Crippen molar-refractivity contribution in [1.82, 2.24) is 14.8 Å². The maximum atomic E-state index is 10.6. The first-order valence-corrected chi connectivity index (χ1v) is 5.15. The molecule has 0 radical (unpaired) electrons. The number of nitrogens with zero attached hydrogens (tertiary/aromatic N) is 3. The Balaban J connectivity index is 2.20. The standard InChI is InChI=1S/C8H13N3OS/c1-7(12)4-3-5-13-8-9-6-10-11(8)2/h6H,3-5H2,1-2H3. The number of carbonyl (C=O) groups excluding carboxylic acids is 1. The molecule has 0 saturated carbocycles. The van der Waals surface area contributed by atoms with Gasteiger partial charge in [0.2, 0.25) is 0 Å². The predicted molar refractivity (Wildman–Crippen MR) is 51.6 cm³/mol. The molecule has 72 valence electrons. The van der Waals surface area contributed by atoms with E-state index in [1.54, 1.807) is 23.4 Å². The lowest BCUT2D eigenvalue weighted by Gasteiger charge is -1.98. The Labute approximate surface area is 81.7 Å². The zero-order valence-corrected chi connectivity index (χ0v) is 8.67. The average Bonchev–Trinajstić information content (AvgIpc) is 2.45. The van der Waals surface area contributed by atoms with Gasteiger partial charge in [-0.15, -0.1) is 0 Å². The predicted octanol–water partition coefficient (Wildman–Crippen LogP) is 1.28. The smallest absolute Gasteiger partial charge is 0.185 e. The minimum absolute atomic E-state index is 0.249. The van der Waals surface area contributed by atoms with Crippen molar-refractivity contribution in [3.8, 4) is 0 Å². The fourth-order valence-corrected chi connectivity index (χ4v) is 1.73. The average molecular weight is 199 g/mol. The third-order valence-electron chi connectivity index (χ3n) is 1.57. The molecule has 0 aliphatic heterocycles. The van der Waals surface area contributed by atoms with Crippen molar-refractivity contribution in [3.63, 3.8) is 0 Å². The fraction of sp³-hybridized carbons (Fsp3) is 0.625. The molecule has 0 atom stereocenters. The van der Waals surface area contributed by atoms with Gasteiger partial charge < -0.3 is 4.79 Å². The molecule has 4 nitrogen and oxygen atoms in total. The van der Waals surface area contributed by atoms with Crippen molar-refractivity contribution < 1.29 is 4.79 Å². The second-order valence-electron chi connectivity index (χ2n) is 2.82. The normalized spacial score (nSPS) is 10.3. The lowest BCUT2D eigenvalue weighted by atomic mass is 10.3. The molecule has 0 fully saturated rings. The van der Waals surface area contributed by atoms with E-state index in [9.17, 15) is 4.79 Å². The Morgan fingerprint density at radius 3 is 3.00 bits per heavy atom. The third-order valence-corrected chi connectivity index (χ3v) is 2.69. The molecule has 0 unspecified atom stereocenters. The third kappa shape index (κ3) is 3.59. The Hall–Kier alpha value is -0.840. The van der Waals surface area contributed by atoms with E-state index in [1.165, 1.54) is 6.33 Å². The number of Topliss-reactive ketones (excluding diaryl/α,β-unsaturated/α-hetero) is 1. The first kappa shape index (κ1) is 10.2. The van der Waals surface area contributed by atoms with E-state index in [0.29, 0.717) is 6.42 Å². The van der Waals surface area contributed by atoms with E-state index in [-0.39, 0.29) is 5.78 Å². The molecule has 1 rings (SSSR count). The van der Waals surface area contributed by atoms with Crippen LogP contribution in [-0.4, -0.2) is 26.3 Å². The van der Waals surface area contributed by atoms with Crippen LogP contribution in [0.15, 0.2) is 11.5 Å². The Morgan fingerprint density at radius 1 is 1.69 bits per heavy atom. The highest BCUT2D eigenvalue weighted by atomic mass is 32.2. The van der Waals surface area contributed by atoms with Crippen molar-refractivity contribution >= 4 is 17.5 Å². The first-order valence-electron chi connectivity index (χ1n) is 4.16. The van der Waals surface area contributed by atoms with E-state index < -0.39 is 0 Å². The lowest BCUT2D eigenvalue weighted by molar-refractivity contribution is -0.117. The highest BCUT2D eigenvalue weighted by Crippen LogP contribution is 2.14. The summed E-state index contributed by atoms with van der Waals surface area (Å²) in [4.78, 5) is 14.7. The van der Waals surface area contributed by atoms with Crippen LogP contribution in [0.1, 0.15) is 19.8 Å². The number of hydrogen-bond donors (Lipinski definition) is 0. The molecule has 0 N–H and O–H groups in total. The quantitative estimate of drug-likeness (QED) is 0.529. The van der Waals surface area contributed by atoms with Gasteiger partial charge in [-0.1, -0.05) is 11.8 Å². The summed E-state index contributed by atoms with van der Waals surface area (Å²) < 4.78 is 1.73. The Morgan fingerprint density at radius 2 is 2.46 bits per heavy atom. The molecule has 13 heavy (non-hydrogen) atoms. The van der Waals surface area contributed by atoms with Gasteiger partial charge in [-0.05, 0) is 13.3 Å². The molecule has 1 aromatic heterocycles. The second kappa shape index (κ2) is 5.01. The van der Waals surface area contributed by atoms with Crippen LogP contribution >= 0.6 is 11.8 Å². The number of aromatic nitrogens is 3. The van der Waals surface area contributed by atoms with E-state index in [2.05, 4.69) is 10.1 Å². The van der Waals surface area contributed by atoms with Crippen LogP contribution in [0.4, 0.5) is 0 Å². The highest BCUT2D eigenvalue weighted by Gasteiger charge is 2.00. The van der Waals surface area contributed by atoms with Gasteiger partial charge >= 0.3 is 0 Å². The molecule has 0 saturated heterocycles. The summed E-state index contributed by atoms with van der Waals surface area (Å²) in [6.07, 6.45) is 3.10. The molecule has 0 aliphatic rings. The molecule has 0 spiro atoms. The summed E-state index contributed by atoms with van der Waals surface area (Å²) in [5.41, 5.74) is 0. The van der Waals surface area contributed by atoms with E-state index >= 15 is 0 Å². The molecule has 0 amide bonds. The maximum Gasteiger partial charge on any atom is 0.185 e. The van der Waals surface area contributed by atoms with Crippen LogP contribution in [0.3, 0.4) is 0 Å². The summed E-state index contributed by atoms with van der Waals surface area (Å²) in [5.74, 6) is 1.17. The molecule has 0 bridgehead atoms. The summed E-state index contributed by atoms with van der Waals surface area (Å²) in [5, 5.41) is 4.85. The summed E-state index contributed by atoms with van der Waals surface area (Å²) in [6.45, 7) is 1.62. The molecule has 1 heterocycles. The van der Waals surface area contributed by atoms with Crippen LogP contribution < -0.4 is 0 Å². The number of ketones is 1. The number of rotatable bonds is 5. The monoisotopic (exact) mass is 199 g/mol. The zero-order valence-electron chi connectivity index (χ0n) is 7.86. The van der Waals surface area contributed by atoms with E-state index in [0.717, 1.165) is 17.3 Å². The Bertz CT molecular complexity index is 285. The largest absolute Gasteiger partial charge is 0.300 e. The number of thioether (sulfide) groups is 1. The Kier molecular flexibility index (Phi) is 3.95. The molecule has 0 aromatic carbocycles. The first-order chi connectivity index (χ1) is 6.20. The topological polar surface area (TPSA) is 47.8 Å². The number of aryl methyl sites for hydroxylation is 1. The van der Waals surface area contributed by atoms with Crippen molar-refractivity contribution in [2.45, 2.75) is 24.9 Å². The molecular formula is C8H13N3OS. The summed E-state index contributed by atoms with van der Waals surface area (Å²) >= 11 is 1.63. The van der Waals surface area contributed by atoms with E-state index in [4.69, 9.17) is 0 Å². The summed E-state index contributed by atoms with van der Waals surface area (Å²) in [6, 6.07) is 0.